The molecule has 6 heteroatoms. The minimum Gasteiger partial charge on any atom is -0.471 e. The van der Waals surface area contributed by atoms with E-state index in [0.717, 1.165) is 5.56 Å². The van der Waals surface area contributed by atoms with Gasteiger partial charge in [-0.2, -0.15) is 0 Å². The second-order valence-electron chi connectivity index (χ2n) is 8.01. The molecule has 1 aromatic rings. The average Bonchev–Trinajstić information content (AvgIpc) is 2.38. The molecule has 1 aliphatic heterocycles. The molecule has 1 saturated heterocycles. The molecule has 0 aromatic carbocycles. The second kappa shape index (κ2) is 6.86. The van der Waals surface area contributed by atoms with Gasteiger partial charge < -0.3 is 14.4 Å². The highest BCUT2D eigenvalue weighted by molar-refractivity contribution is 6.83. The Hall–Kier alpha value is -2.00. The van der Waals surface area contributed by atoms with Crippen molar-refractivity contribution in [1.82, 2.24) is 9.88 Å². The van der Waals surface area contributed by atoms with Crippen LogP contribution in [0.5, 0.6) is 5.88 Å². The number of rotatable bonds is 2. The summed E-state index contributed by atoms with van der Waals surface area (Å²) in [5.74, 6) is 3.72. The van der Waals surface area contributed by atoms with E-state index in [-0.39, 0.29) is 12.2 Å². The highest BCUT2D eigenvalue weighted by Crippen LogP contribution is 2.19. The Kier molecular flexibility index (Phi) is 5.24. The number of carbonyl (C=O) groups excluding carboxylic acids is 1. The van der Waals surface area contributed by atoms with Crippen LogP contribution in [0.3, 0.4) is 0 Å². The van der Waals surface area contributed by atoms with E-state index in [1.54, 1.807) is 11.1 Å². The van der Waals surface area contributed by atoms with Gasteiger partial charge in [0.15, 0.2) is 0 Å². The zero-order valence-electron chi connectivity index (χ0n) is 15.3. The van der Waals surface area contributed by atoms with Gasteiger partial charge in [-0.25, -0.2) is 9.78 Å². The van der Waals surface area contributed by atoms with Crippen molar-refractivity contribution in [3.05, 3.63) is 23.9 Å². The first-order valence-electron chi connectivity index (χ1n) is 8.16. The van der Waals surface area contributed by atoms with Crippen LogP contribution in [-0.2, 0) is 4.74 Å². The molecule has 1 amide bonds. The van der Waals surface area contributed by atoms with Crippen LogP contribution in [0.25, 0.3) is 0 Å². The monoisotopic (exact) mass is 346 g/mol. The van der Waals surface area contributed by atoms with E-state index in [2.05, 4.69) is 36.1 Å². The van der Waals surface area contributed by atoms with Crippen LogP contribution in [0.15, 0.2) is 18.3 Å². The van der Waals surface area contributed by atoms with Crippen molar-refractivity contribution in [2.75, 3.05) is 13.1 Å². The molecule has 0 unspecified atom stereocenters. The molecule has 0 N–H and O–H groups in total. The van der Waals surface area contributed by atoms with E-state index in [0.29, 0.717) is 19.0 Å². The lowest BCUT2D eigenvalue weighted by Gasteiger charge is -2.39. The molecule has 1 fully saturated rings. The third-order valence-electron chi connectivity index (χ3n) is 3.11. The molecule has 1 aliphatic rings. The number of nitrogens with zero attached hydrogens (tertiary/aromatic N) is 2. The van der Waals surface area contributed by atoms with Gasteiger partial charge in [-0.05, 0) is 26.8 Å². The SMILES string of the molecule is CC(C)(C)OC(=O)N1CC(Oc2ccc(C#C[Si](C)(C)C)cn2)C1. The fourth-order valence-corrected chi connectivity index (χ4v) is 2.46. The van der Waals surface area contributed by atoms with Gasteiger partial charge in [0, 0.05) is 17.8 Å². The number of carbonyl (C=O) groups is 1. The molecule has 0 bridgehead atoms. The third kappa shape index (κ3) is 5.89. The third-order valence-corrected chi connectivity index (χ3v) is 3.98. The molecule has 130 valence electrons. The highest BCUT2D eigenvalue weighted by atomic mass is 28.3. The molecule has 2 heterocycles. The maximum Gasteiger partial charge on any atom is 0.410 e. The predicted octanol–water partition coefficient (Wildman–Crippen LogP) is 3.31. The van der Waals surface area contributed by atoms with Crippen molar-refractivity contribution in [1.29, 1.82) is 0 Å². The summed E-state index contributed by atoms with van der Waals surface area (Å²) in [5, 5.41) is 0. The molecule has 0 radical (unpaired) electrons. The summed E-state index contributed by atoms with van der Waals surface area (Å²) in [6.45, 7) is 13.2. The minimum absolute atomic E-state index is 0.0380. The Morgan fingerprint density at radius 1 is 1.29 bits per heavy atom. The number of ether oxygens (including phenoxy) is 2. The first-order chi connectivity index (χ1) is 11.0. The van der Waals surface area contributed by atoms with Gasteiger partial charge in [0.05, 0.1) is 13.1 Å². The first-order valence-corrected chi connectivity index (χ1v) is 11.7. The minimum atomic E-state index is -1.38. The Morgan fingerprint density at radius 3 is 2.46 bits per heavy atom. The van der Waals surface area contributed by atoms with E-state index in [1.807, 2.05) is 32.9 Å². The summed E-state index contributed by atoms with van der Waals surface area (Å²) in [6.07, 6.45) is 1.39. The summed E-state index contributed by atoms with van der Waals surface area (Å²) in [7, 11) is -1.38. The smallest absolute Gasteiger partial charge is 0.410 e. The highest BCUT2D eigenvalue weighted by Gasteiger charge is 2.35. The van der Waals surface area contributed by atoms with Gasteiger partial charge in [-0.15, -0.1) is 5.54 Å². The summed E-state index contributed by atoms with van der Waals surface area (Å²) < 4.78 is 11.1. The first kappa shape index (κ1) is 18.3. The number of likely N-dealkylation sites (tertiary alicyclic amines) is 1. The lowest BCUT2D eigenvalue weighted by atomic mass is 10.2. The quantitative estimate of drug-likeness (QED) is 0.609. The van der Waals surface area contributed by atoms with Gasteiger partial charge in [0.1, 0.15) is 19.8 Å². The molecular weight excluding hydrogens is 320 g/mol. The Morgan fingerprint density at radius 2 is 1.96 bits per heavy atom. The lowest BCUT2D eigenvalue weighted by molar-refractivity contribution is -0.0232. The zero-order valence-corrected chi connectivity index (χ0v) is 16.3. The number of pyridine rings is 1. The fourth-order valence-electron chi connectivity index (χ4n) is 1.94. The van der Waals surface area contributed by atoms with Crippen LogP contribution in [0.1, 0.15) is 26.3 Å². The largest absolute Gasteiger partial charge is 0.471 e. The van der Waals surface area contributed by atoms with E-state index in [4.69, 9.17) is 9.47 Å². The van der Waals surface area contributed by atoms with Gasteiger partial charge >= 0.3 is 6.09 Å². The van der Waals surface area contributed by atoms with E-state index < -0.39 is 13.7 Å². The number of aromatic nitrogens is 1. The lowest BCUT2D eigenvalue weighted by Crippen LogP contribution is -2.57. The number of hydrogen-bond donors (Lipinski definition) is 0. The van der Waals surface area contributed by atoms with Crippen molar-refractivity contribution in [3.8, 4) is 17.3 Å². The zero-order chi connectivity index (χ0) is 18.0. The van der Waals surface area contributed by atoms with E-state index >= 15 is 0 Å². The Bertz CT molecular complexity index is 642. The standard InChI is InChI=1S/C18H26N2O3Si/c1-18(2,3)23-17(21)20-12-15(13-20)22-16-8-7-14(11-19-16)9-10-24(4,5)6/h7-8,11,15H,12-13H2,1-6H3. The second-order valence-corrected chi connectivity index (χ2v) is 12.8. The normalized spacial score (nSPS) is 15.2. The van der Waals surface area contributed by atoms with Crippen LogP contribution >= 0.6 is 0 Å². The predicted molar refractivity (Wildman–Crippen MR) is 96.7 cm³/mol. The van der Waals surface area contributed by atoms with E-state index in [1.165, 1.54) is 0 Å². The van der Waals surface area contributed by atoms with Gasteiger partial charge in [0.2, 0.25) is 5.88 Å². The van der Waals surface area contributed by atoms with Crippen LogP contribution < -0.4 is 4.74 Å². The molecule has 0 spiro atoms. The molecule has 2 rings (SSSR count). The molecule has 1 aromatic heterocycles. The maximum absolute atomic E-state index is 11.9. The van der Waals surface area contributed by atoms with Crippen molar-refractivity contribution in [2.24, 2.45) is 0 Å². The summed E-state index contributed by atoms with van der Waals surface area (Å²) >= 11 is 0. The van der Waals surface area contributed by atoms with Crippen LogP contribution in [0, 0.1) is 11.5 Å². The van der Waals surface area contributed by atoms with Crippen LogP contribution in [-0.4, -0.2) is 48.8 Å². The van der Waals surface area contributed by atoms with Crippen LogP contribution in [0.4, 0.5) is 4.79 Å². The molecule has 5 nitrogen and oxygen atoms in total. The topological polar surface area (TPSA) is 51.7 Å². The van der Waals surface area contributed by atoms with Gasteiger partial charge in [-0.3, -0.25) is 0 Å². The molecule has 0 atom stereocenters. The molecule has 0 saturated carbocycles. The van der Waals surface area contributed by atoms with Gasteiger partial charge in [0.25, 0.3) is 0 Å². The molecular formula is C18H26N2O3Si. The summed E-state index contributed by atoms with van der Waals surface area (Å²) in [5.41, 5.74) is 3.73. The number of hydrogen-bond acceptors (Lipinski definition) is 4. The average molecular weight is 347 g/mol. The molecule has 0 aliphatic carbocycles. The Labute approximate surface area is 145 Å². The fraction of sp³-hybridized carbons (Fsp3) is 0.556. The van der Waals surface area contributed by atoms with Crippen molar-refractivity contribution < 1.29 is 14.3 Å². The summed E-state index contributed by atoms with van der Waals surface area (Å²) in [6, 6.07) is 3.74. The van der Waals surface area contributed by atoms with Crippen molar-refractivity contribution in [2.45, 2.75) is 52.1 Å². The molecule has 24 heavy (non-hydrogen) atoms. The van der Waals surface area contributed by atoms with Gasteiger partial charge in [-0.1, -0.05) is 25.6 Å². The van der Waals surface area contributed by atoms with E-state index in [9.17, 15) is 4.79 Å². The van der Waals surface area contributed by atoms with Crippen molar-refractivity contribution >= 4 is 14.2 Å². The Balaban J connectivity index is 1.82. The maximum atomic E-state index is 11.9. The van der Waals surface area contributed by atoms with Crippen molar-refractivity contribution in [3.63, 3.8) is 0 Å². The summed E-state index contributed by atoms with van der Waals surface area (Å²) in [4.78, 5) is 17.8. The van der Waals surface area contributed by atoms with Crippen LogP contribution in [0.2, 0.25) is 19.6 Å². The number of amides is 1.